The van der Waals surface area contributed by atoms with Crippen LogP contribution in [0.25, 0.3) is 10.8 Å². The Morgan fingerprint density at radius 3 is 2.42 bits per heavy atom. The Kier molecular flexibility index (Phi) is 8.52. The number of alkyl halides is 3. The van der Waals surface area contributed by atoms with Gasteiger partial charge in [0, 0.05) is 11.1 Å². The fourth-order valence-corrected chi connectivity index (χ4v) is 6.43. The lowest BCUT2D eigenvalue weighted by Crippen LogP contribution is -2.70. The second-order valence-corrected chi connectivity index (χ2v) is 13.0. The molecule has 3 aromatic rings. The number of carbonyl (C=O) groups excluding carboxylic acids is 3. The second kappa shape index (κ2) is 11.9. The van der Waals surface area contributed by atoms with Crippen molar-refractivity contribution >= 4 is 75.1 Å². The van der Waals surface area contributed by atoms with Crippen LogP contribution in [0.5, 0.6) is 5.75 Å². The van der Waals surface area contributed by atoms with Crippen molar-refractivity contribution in [2.45, 2.75) is 28.0 Å². The van der Waals surface area contributed by atoms with Gasteiger partial charge in [0.1, 0.15) is 29.5 Å². The van der Waals surface area contributed by atoms with Gasteiger partial charge in [0.2, 0.25) is 9.70 Å². The van der Waals surface area contributed by atoms with Gasteiger partial charge in [-0.25, -0.2) is 4.79 Å². The molecule has 0 spiro atoms. The highest BCUT2D eigenvalue weighted by Gasteiger charge is 2.54. The fourth-order valence-electron chi connectivity index (χ4n) is 4.92. The number of esters is 1. The monoisotopic (exact) mass is 618 g/mol. The summed E-state index contributed by atoms with van der Waals surface area (Å²) in [6.07, 6.45) is 0.531. The number of ether oxygens (including phenoxy) is 2. The summed E-state index contributed by atoms with van der Waals surface area (Å²) in [6.45, 7) is -0.476. The van der Waals surface area contributed by atoms with E-state index in [2.05, 4.69) is 5.32 Å². The molecule has 0 aromatic heterocycles. The highest BCUT2D eigenvalue weighted by Crippen LogP contribution is 2.42. The molecular formula is C29H25Cl3N2O5S. The van der Waals surface area contributed by atoms with E-state index in [0.29, 0.717) is 17.7 Å². The number of amides is 2. The number of halogens is 3. The molecule has 0 saturated carbocycles. The maximum Gasteiger partial charge on any atom is 0.355 e. The number of fused-ring (bicyclic) bond motifs is 2. The molecular weight excluding hydrogens is 595 g/mol. The van der Waals surface area contributed by atoms with Crippen LogP contribution in [-0.4, -0.2) is 57.4 Å². The number of hydrogen-bond donors (Lipinski definition) is 1. The third-order valence-corrected chi connectivity index (χ3v) is 8.40. The summed E-state index contributed by atoms with van der Waals surface area (Å²) in [5, 5.41) is 4.27. The molecule has 0 aliphatic carbocycles. The zero-order valence-electron chi connectivity index (χ0n) is 21.4. The van der Waals surface area contributed by atoms with Crippen LogP contribution in [0.1, 0.15) is 11.1 Å². The van der Waals surface area contributed by atoms with Crippen LogP contribution in [0.2, 0.25) is 0 Å². The van der Waals surface area contributed by atoms with Gasteiger partial charge in [-0.3, -0.25) is 14.5 Å². The summed E-state index contributed by atoms with van der Waals surface area (Å²) in [6, 6.07) is 20.1. The van der Waals surface area contributed by atoms with Crippen molar-refractivity contribution in [3.8, 4) is 5.75 Å². The second-order valence-electron chi connectivity index (χ2n) is 9.41. The molecule has 0 unspecified atom stereocenters. The summed E-state index contributed by atoms with van der Waals surface area (Å²) in [4.78, 5) is 40.8. The molecule has 40 heavy (non-hydrogen) atoms. The van der Waals surface area contributed by atoms with E-state index >= 15 is 0 Å². The quantitative estimate of drug-likeness (QED) is 0.212. The van der Waals surface area contributed by atoms with Gasteiger partial charge in [0.25, 0.3) is 5.91 Å². The molecule has 1 fully saturated rings. The van der Waals surface area contributed by atoms with Crippen molar-refractivity contribution < 1.29 is 23.9 Å². The van der Waals surface area contributed by atoms with Crippen LogP contribution in [-0.2, 0) is 32.0 Å². The Hall–Kier alpha value is -2.91. The number of rotatable bonds is 8. The maximum absolute atomic E-state index is 13.4. The predicted molar refractivity (Wildman–Crippen MR) is 158 cm³/mol. The first-order chi connectivity index (χ1) is 19.2. The van der Waals surface area contributed by atoms with E-state index in [9.17, 15) is 14.4 Å². The van der Waals surface area contributed by atoms with Crippen LogP contribution >= 0.6 is 46.6 Å². The Morgan fingerprint density at radius 1 is 1.02 bits per heavy atom. The number of β-lactam (4-membered cyclic amide) rings is 1. The largest absolute Gasteiger partial charge is 0.496 e. The molecule has 11 heteroatoms. The van der Waals surface area contributed by atoms with Gasteiger partial charge in [-0.1, -0.05) is 95.5 Å². The first kappa shape index (κ1) is 28.6. The van der Waals surface area contributed by atoms with Gasteiger partial charge >= 0.3 is 5.97 Å². The van der Waals surface area contributed by atoms with E-state index in [-0.39, 0.29) is 18.0 Å². The molecule has 2 aliphatic heterocycles. The number of nitrogens with zero attached hydrogens (tertiary/aromatic N) is 1. The van der Waals surface area contributed by atoms with Gasteiger partial charge in [0.05, 0.1) is 13.5 Å². The van der Waals surface area contributed by atoms with Crippen LogP contribution in [0.3, 0.4) is 0 Å². The van der Waals surface area contributed by atoms with Crippen molar-refractivity contribution in [3.05, 3.63) is 89.1 Å². The molecule has 3 aromatic carbocycles. The lowest BCUT2D eigenvalue weighted by molar-refractivity contribution is -0.152. The van der Waals surface area contributed by atoms with Gasteiger partial charge in [0.15, 0.2) is 0 Å². The molecule has 1 N–H and O–H groups in total. The number of nitrogens with one attached hydrogen (secondary N) is 1. The smallest absolute Gasteiger partial charge is 0.355 e. The average Bonchev–Trinajstić information content (AvgIpc) is 2.94. The maximum atomic E-state index is 13.4. The topological polar surface area (TPSA) is 84.9 Å². The molecule has 1 saturated heterocycles. The molecule has 5 rings (SSSR count). The third-order valence-electron chi connectivity index (χ3n) is 6.73. The standard InChI is InChI=1S/C29H25Cl3N2O5S/c1-38-22-12-11-18(20-9-5-6-10-21(20)22)14-19-15-40-27-24(33-23(35)13-17-7-3-2-4-8-17)26(36)34(27)25(19)28(37)39-16-29(30,31)32/h2-12,24,27H,13-16H2,1H3,(H,33,35)/t24-,27-/m1/s1. The number of thioether (sulfide) groups is 1. The molecule has 2 amide bonds. The van der Waals surface area contributed by atoms with Gasteiger partial charge in [-0.05, 0) is 34.6 Å². The Labute approximate surface area is 250 Å². The number of hydrogen-bond acceptors (Lipinski definition) is 6. The Bertz CT molecular complexity index is 1490. The summed E-state index contributed by atoms with van der Waals surface area (Å²) in [5.74, 6) is -0.244. The lowest BCUT2D eigenvalue weighted by Gasteiger charge is -2.49. The zero-order chi connectivity index (χ0) is 28.4. The molecule has 0 radical (unpaired) electrons. The van der Waals surface area contributed by atoms with Crippen LogP contribution in [0.15, 0.2) is 78.0 Å². The van der Waals surface area contributed by atoms with Crippen molar-refractivity contribution in [1.29, 1.82) is 0 Å². The molecule has 208 valence electrons. The van der Waals surface area contributed by atoms with E-state index in [1.165, 1.54) is 16.7 Å². The molecule has 2 aliphatic rings. The summed E-state index contributed by atoms with van der Waals surface area (Å²) in [7, 11) is 1.62. The van der Waals surface area contributed by atoms with Crippen LogP contribution in [0.4, 0.5) is 0 Å². The minimum atomic E-state index is -1.81. The number of benzene rings is 3. The van der Waals surface area contributed by atoms with E-state index in [0.717, 1.165) is 27.6 Å². The SMILES string of the molecule is COc1ccc(CC2=C(C(=O)OCC(Cl)(Cl)Cl)N3C(=O)[C@@H](NC(=O)Cc4ccccc4)[C@H]3SC2)c2ccccc12. The molecule has 7 nitrogen and oxygen atoms in total. The van der Waals surface area contributed by atoms with Crippen molar-refractivity contribution in [2.75, 3.05) is 19.5 Å². The van der Waals surface area contributed by atoms with E-state index in [1.807, 2.05) is 66.7 Å². The third kappa shape index (κ3) is 6.05. The summed E-state index contributed by atoms with van der Waals surface area (Å²) in [5.41, 5.74) is 2.62. The summed E-state index contributed by atoms with van der Waals surface area (Å²) >= 11 is 19.0. The van der Waals surface area contributed by atoms with Crippen molar-refractivity contribution in [3.63, 3.8) is 0 Å². The van der Waals surface area contributed by atoms with E-state index < -0.39 is 33.7 Å². The normalized spacial score (nSPS) is 18.7. The molecule has 0 bridgehead atoms. The highest BCUT2D eigenvalue weighted by molar-refractivity contribution is 8.00. The molecule has 2 heterocycles. The number of methoxy groups -OCH3 is 1. The zero-order valence-corrected chi connectivity index (χ0v) is 24.4. The van der Waals surface area contributed by atoms with Crippen LogP contribution in [0, 0.1) is 0 Å². The van der Waals surface area contributed by atoms with Crippen molar-refractivity contribution in [2.24, 2.45) is 0 Å². The fraction of sp³-hybridized carbons (Fsp3) is 0.276. The highest BCUT2D eigenvalue weighted by atomic mass is 35.6. The van der Waals surface area contributed by atoms with Crippen LogP contribution < -0.4 is 10.1 Å². The lowest BCUT2D eigenvalue weighted by atomic mass is 9.95. The van der Waals surface area contributed by atoms with E-state index in [4.69, 9.17) is 44.3 Å². The van der Waals surface area contributed by atoms with E-state index in [1.54, 1.807) is 7.11 Å². The molecule has 2 atom stereocenters. The number of carbonyl (C=O) groups is 3. The first-order valence-corrected chi connectivity index (χ1v) is 14.6. The average molecular weight is 620 g/mol. The van der Waals surface area contributed by atoms with Gasteiger partial charge in [-0.15, -0.1) is 11.8 Å². The predicted octanol–water partition coefficient (Wildman–Crippen LogP) is 5.20. The minimum Gasteiger partial charge on any atom is -0.496 e. The minimum absolute atomic E-state index is 0.122. The Morgan fingerprint density at radius 2 is 1.73 bits per heavy atom. The van der Waals surface area contributed by atoms with Gasteiger partial charge in [-0.2, -0.15) is 0 Å². The summed E-state index contributed by atoms with van der Waals surface area (Å²) < 4.78 is 9.04. The van der Waals surface area contributed by atoms with Crippen molar-refractivity contribution in [1.82, 2.24) is 10.2 Å². The first-order valence-electron chi connectivity index (χ1n) is 12.4. The van der Waals surface area contributed by atoms with Gasteiger partial charge < -0.3 is 14.8 Å². The Balaban J connectivity index is 1.42.